The number of rotatable bonds is 2. The Morgan fingerprint density at radius 3 is 2.62 bits per heavy atom. The highest BCUT2D eigenvalue weighted by molar-refractivity contribution is 5.94. The normalized spacial score (nSPS) is 10.0. The first-order valence-corrected chi connectivity index (χ1v) is 4.78. The maximum absolute atomic E-state index is 10.8. The molecule has 0 aliphatic heterocycles. The van der Waals surface area contributed by atoms with Crippen LogP contribution in [0.25, 0.3) is 11.1 Å². The van der Waals surface area contributed by atoms with Gasteiger partial charge in [-0.1, -0.05) is 24.3 Å². The number of carboxylic acid groups (broad SMARTS) is 1. The summed E-state index contributed by atoms with van der Waals surface area (Å²) in [4.78, 5) is 10.8. The van der Waals surface area contributed by atoms with E-state index in [1.54, 1.807) is 18.2 Å². The lowest BCUT2D eigenvalue weighted by Crippen LogP contribution is -2.01. The summed E-state index contributed by atoms with van der Waals surface area (Å²) >= 11 is 0. The molecule has 2 aromatic rings. The van der Waals surface area contributed by atoms with Gasteiger partial charge in [0.25, 0.3) is 0 Å². The molecule has 0 bridgehead atoms. The summed E-state index contributed by atoms with van der Waals surface area (Å²) in [6.45, 7) is 0. The fourth-order valence-electron chi connectivity index (χ4n) is 1.51. The van der Waals surface area contributed by atoms with Crippen molar-refractivity contribution in [1.29, 1.82) is 0 Å². The highest BCUT2D eigenvalue weighted by atomic mass is 16.4. The van der Waals surface area contributed by atoms with E-state index in [4.69, 9.17) is 10.8 Å². The van der Waals surface area contributed by atoms with Crippen molar-refractivity contribution in [3.63, 3.8) is 0 Å². The Morgan fingerprint density at radius 2 is 2.06 bits per heavy atom. The molecule has 0 aliphatic rings. The Labute approximate surface area is 93.1 Å². The van der Waals surface area contributed by atoms with Crippen molar-refractivity contribution in [3.8, 4) is 11.1 Å². The van der Waals surface area contributed by atoms with E-state index in [0.717, 1.165) is 11.1 Å². The lowest BCUT2D eigenvalue weighted by molar-refractivity contribution is 0.0698. The van der Waals surface area contributed by atoms with Crippen LogP contribution in [0.4, 0.5) is 5.69 Å². The number of benzene rings is 2. The minimum absolute atomic E-state index is 0.128. The van der Waals surface area contributed by atoms with Crippen LogP contribution in [-0.2, 0) is 0 Å². The van der Waals surface area contributed by atoms with Gasteiger partial charge in [0.1, 0.15) is 0 Å². The molecule has 16 heavy (non-hydrogen) atoms. The van der Waals surface area contributed by atoms with Gasteiger partial charge in [-0.05, 0) is 35.4 Å². The van der Waals surface area contributed by atoms with Gasteiger partial charge in [0.2, 0.25) is 0 Å². The molecular weight excluding hydrogens is 202 g/mol. The van der Waals surface area contributed by atoms with Gasteiger partial charge in [-0.25, -0.2) is 4.79 Å². The van der Waals surface area contributed by atoms with Crippen LogP contribution >= 0.6 is 0 Å². The molecule has 2 aromatic carbocycles. The van der Waals surface area contributed by atoms with Crippen molar-refractivity contribution in [1.82, 2.24) is 0 Å². The SMILES string of the molecule is Nc1cc(-c2c[c]ccc2)ccc1C(=O)O. The number of anilines is 1. The molecule has 0 amide bonds. The monoisotopic (exact) mass is 212 g/mol. The van der Waals surface area contributed by atoms with Crippen molar-refractivity contribution in [3.05, 3.63) is 54.1 Å². The van der Waals surface area contributed by atoms with Crippen molar-refractivity contribution >= 4 is 11.7 Å². The van der Waals surface area contributed by atoms with E-state index in [1.807, 2.05) is 18.2 Å². The second-order valence-electron chi connectivity index (χ2n) is 3.40. The summed E-state index contributed by atoms with van der Waals surface area (Å²) in [6.07, 6.45) is 0. The Hall–Kier alpha value is -2.29. The van der Waals surface area contributed by atoms with E-state index in [2.05, 4.69) is 6.07 Å². The Kier molecular flexibility index (Phi) is 2.60. The lowest BCUT2D eigenvalue weighted by atomic mass is 10.0. The van der Waals surface area contributed by atoms with Crippen molar-refractivity contribution in [2.75, 3.05) is 5.73 Å². The van der Waals surface area contributed by atoms with E-state index < -0.39 is 5.97 Å². The zero-order valence-corrected chi connectivity index (χ0v) is 8.47. The molecule has 0 unspecified atom stereocenters. The summed E-state index contributed by atoms with van der Waals surface area (Å²) in [5, 5.41) is 8.84. The van der Waals surface area contributed by atoms with E-state index in [9.17, 15) is 4.79 Å². The number of hydrogen-bond donors (Lipinski definition) is 2. The lowest BCUT2D eigenvalue weighted by Gasteiger charge is -2.05. The molecule has 0 saturated heterocycles. The van der Waals surface area contributed by atoms with Gasteiger partial charge in [0.05, 0.1) is 5.56 Å². The maximum atomic E-state index is 10.8. The van der Waals surface area contributed by atoms with Gasteiger partial charge >= 0.3 is 5.97 Å². The third-order valence-electron chi connectivity index (χ3n) is 2.32. The van der Waals surface area contributed by atoms with Gasteiger partial charge in [0.15, 0.2) is 0 Å². The van der Waals surface area contributed by atoms with Crippen LogP contribution in [0.3, 0.4) is 0 Å². The molecule has 0 spiro atoms. The molecule has 0 heterocycles. The first-order chi connectivity index (χ1) is 7.68. The fraction of sp³-hybridized carbons (Fsp3) is 0. The van der Waals surface area contributed by atoms with Gasteiger partial charge in [0, 0.05) is 5.69 Å². The molecule has 1 radical (unpaired) electrons. The van der Waals surface area contributed by atoms with E-state index in [-0.39, 0.29) is 11.3 Å². The van der Waals surface area contributed by atoms with Crippen LogP contribution in [0.15, 0.2) is 42.5 Å². The van der Waals surface area contributed by atoms with E-state index in [0.29, 0.717) is 0 Å². The zero-order chi connectivity index (χ0) is 11.5. The number of nitrogen functional groups attached to an aromatic ring is 1. The predicted molar refractivity (Wildman–Crippen MR) is 62.1 cm³/mol. The molecule has 79 valence electrons. The minimum atomic E-state index is -1.01. The maximum Gasteiger partial charge on any atom is 0.337 e. The van der Waals surface area contributed by atoms with Gasteiger partial charge in [-0.3, -0.25) is 0 Å². The summed E-state index contributed by atoms with van der Waals surface area (Å²) in [6, 6.07) is 15.3. The molecule has 3 heteroatoms. The number of carbonyl (C=O) groups is 1. The molecule has 3 N–H and O–H groups in total. The first kappa shape index (κ1) is 10.2. The van der Waals surface area contributed by atoms with Gasteiger partial charge in [-0.2, -0.15) is 0 Å². The highest BCUT2D eigenvalue weighted by Crippen LogP contribution is 2.23. The molecule has 2 rings (SSSR count). The van der Waals surface area contributed by atoms with Crippen molar-refractivity contribution < 1.29 is 9.90 Å². The summed E-state index contributed by atoms with van der Waals surface area (Å²) in [5.74, 6) is -1.01. The standard InChI is InChI=1S/C13H10NO2/c14-12-8-10(6-7-11(12)13(15)16)9-4-2-1-3-5-9/h1-2,4-8H,14H2,(H,15,16). The first-order valence-electron chi connectivity index (χ1n) is 4.78. The number of hydrogen-bond acceptors (Lipinski definition) is 2. The molecular formula is C13H10NO2. The molecule has 0 fully saturated rings. The molecule has 0 saturated carbocycles. The molecule has 0 aromatic heterocycles. The molecule has 3 nitrogen and oxygen atoms in total. The summed E-state index contributed by atoms with van der Waals surface area (Å²) in [7, 11) is 0. The van der Waals surface area contributed by atoms with Crippen LogP contribution in [-0.4, -0.2) is 11.1 Å². The minimum Gasteiger partial charge on any atom is -0.478 e. The smallest absolute Gasteiger partial charge is 0.337 e. The second kappa shape index (κ2) is 4.06. The van der Waals surface area contributed by atoms with Gasteiger partial charge < -0.3 is 10.8 Å². The van der Waals surface area contributed by atoms with Crippen LogP contribution in [0, 0.1) is 6.07 Å². The molecule has 0 atom stereocenters. The molecule has 0 aliphatic carbocycles. The van der Waals surface area contributed by atoms with Gasteiger partial charge in [-0.15, -0.1) is 0 Å². The largest absolute Gasteiger partial charge is 0.478 e. The van der Waals surface area contributed by atoms with Crippen LogP contribution in [0.5, 0.6) is 0 Å². The van der Waals surface area contributed by atoms with Crippen LogP contribution in [0.1, 0.15) is 10.4 Å². The van der Waals surface area contributed by atoms with Crippen LogP contribution < -0.4 is 5.73 Å². The fourth-order valence-corrected chi connectivity index (χ4v) is 1.51. The zero-order valence-electron chi connectivity index (χ0n) is 8.47. The van der Waals surface area contributed by atoms with Crippen molar-refractivity contribution in [2.24, 2.45) is 0 Å². The summed E-state index contributed by atoms with van der Waals surface area (Å²) < 4.78 is 0. The Bertz CT molecular complexity index is 521. The Balaban J connectivity index is 2.46. The summed E-state index contributed by atoms with van der Waals surface area (Å²) in [5.41, 5.74) is 7.92. The quantitative estimate of drug-likeness (QED) is 0.751. The second-order valence-corrected chi connectivity index (χ2v) is 3.40. The highest BCUT2D eigenvalue weighted by Gasteiger charge is 2.08. The van der Waals surface area contributed by atoms with Crippen LogP contribution in [0.2, 0.25) is 0 Å². The third kappa shape index (κ3) is 1.88. The number of carboxylic acids is 1. The Morgan fingerprint density at radius 1 is 1.25 bits per heavy atom. The third-order valence-corrected chi connectivity index (χ3v) is 2.32. The average molecular weight is 212 g/mol. The topological polar surface area (TPSA) is 63.3 Å². The van der Waals surface area contributed by atoms with E-state index in [1.165, 1.54) is 6.07 Å². The van der Waals surface area contributed by atoms with E-state index >= 15 is 0 Å². The number of nitrogens with two attached hydrogens (primary N) is 1. The van der Waals surface area contributed by atoms with Crippen molar-refractivity contribution in [2.45, 2.75) is 0 Å². The average Bonchev–Trinajstić information content (AvgIpc) is 2.29. The number of aromatic carboxylic acids is 1. The predicted octanol–water partition coefficient (Wildman–Crippen LogP) is 2.43.